The lowest BCUT2D eigenvalue weighted by Gasteiger charge is -2.18. The van der Waals surface area contributed by atoms with E-state index in [0.717, 1.165) is 18.6 Å². The van der Waals surface area contributed by atoms with Crippen molar-refractivity contribution < 1.29 is 0 Å². The van der Waals surface area contributed by atoms with Gasteiger partial charge in [0.05, 0.1) is 11.0 Å². The average molecular weight is 257 g/mol. The number of hydrogen-bond acceptors (Lipinski definition) is 2. The van der Waals surface area contributed by atoms with E-state index >= 15 is 0 Å². The summed E-state index contributed by atoms with van der Waals surface area (Å²) in [5.41, 5.74) is 9.62. The number of nitrogens with two attached hydrogens (primary N) is 1. The van der Waals surface area contributed by atoms with Crippen molar-refractivity contribution in [3.05, 3.63) is 29.6 Å². The molecule has 2 aromatic rings. The maximum atomic E-state index is 5.93. The second-order valence-electron chi connectivity index (χ2n) is 5.74. The molecule has 0 radical (unpaired) electrons. The molecule has 3 heteroatoms. The SMILES string of the molecule is CCn1c(C2CCCC2CN)nc2cc(C)ccc21. The van der Waals surface area contributed by atoms with Crippen LogP contribution in [0.4, 0.5) is 0 Å². The van der Waals surface area contributed by atoms with Crippen LogP contribution < -0.4 is 5.73 Å². The number of benzene rings is 1. The summed E-state index contributed by atoms with van der Waals surface area (Å²) in [6, 6.07) is 6.57. The minimum atomic E-state index is 0.553. The number of hydrogen-bond donors (Lipinski definition) is 1. The first-order valence-corrected chi connectivity index (χ1v) is 7.41. The Labute approximate surface area is 114 Å². The summed E-state index contributed by atoms with van der Waals surface area (Å²) in [4.78, 5) is 4.93. The van der Waals surface area contributed by atoms with Crippen LogP contribution in [0.5, 0.6) is 0 Å². The average Bonchev–Trinajstić information content (AvgIpc) is 3.00. The van der Waals surface area contributed by atoms with Gasteiger partial charge in [-0.1, -0.05) is 12.5 Å². The maximum Gasteiger partial charge on any atom is 0.113 e. The summed E-state index contributed by atoms with van der Waals surface area (Å²) in [5.74, 6) is 2.43. The zero-order chi connectivity index (χ0) is 13.4. The molecule has 1 fully saturated rings. The van der Waals surface area contributed by atoms with Gasteiger partial charge < -0.3 is 10.3 Å². The van der Waals surface area contributed by atoms with Crippen LogP contribution in [0.15, 0.2) is 18.2 Å². The Balaban J connectivity index is 2.12. The molecule has 0 spiro atoms. The van der Waals surface area contributed by atoms with Crippen LogP contribution >= 0.6 is 0 Å². The minimum absolute atomic E-state index is 0.553. The third-order valence-electron chi connectivity index (χ3n) is 4.54. The Bertz CT molecular complexity index is 585. The predicted molar refractivity (Wildman–Crippen MR) is 79.3 cm³/mol. The number of imidazole rings is 1. The standard InChI is InChI=1S/C16H23N3/c1-3-19-15-8-7-11(2)9-14(15)18-16(19)13-6-4-5-12(13)10-17/h7-9,12-13H,3-6,10,17H2,1-2H3. The molecule has 1 aliphatic carbocycles. The highest BCUT2D eigenvalue weighted by atomic mass is 15.1. The quantitative estimate of drug-likeness (QED) is 0.917. The molecule has 0 saturated heterocycles. The van der Waals surface area contributed by atoms with Crippen LogP contribution in [0, 0.1) is 12.8 Å². The molecule has 1 aliphatic rings. The van der Waals surface area contributed by atoms with E-state index in [2.05, 4.69) is 36.6 Å². The first-order valence-electron chi connectivity index (χ1n) is 7.41. The lowest BCUT2D eigenvalue weighted by atomic mass is 9.95. The molecule has 0 bridgehead atoms. The lowest BCUT2D eigenvalue weighted by molar-refractivity contribution is 0.463. The van der Waals surface area contributed by atoms with Crippen molar-refractivity contribution in [2.75, 3.05) is 6.54 Å². The third-order valence-corrected chi connectivity index (χ3v) is 4.54. The summed E-state index contributed by atoms with van der Waals surface area (Å²) >= 11 is 0. The van der Waals surface area contributed by atoms with Gasteiger partial charge in [0.25, 0.3) is 0 Å². The zero-order valence-corrected chi connectivity index (χ0v) is 11.9. The van der Waals surface area contributed by atoms with Crippen LogP contribution in [0.3, 0.4) is 0 Å². The molecule has 1 heterocycles. The Morgan fingerprint density at radius 2 is 2.21 bits per heavy atom. The van der Waals surface area contributed by atoms with Crippen molar-refractivity contribution in [3.63, 3.8) is 0 Å². The van der Waals surface area contributed by atoms with Crippen molar-refractivity contribution in [1.29, 1.82) is 0 Å². The highest BCUT2D eigenvalue weighted by Gasteiger charge is 2.31. The van der Waals surface area contributed by atoms with Gasteiger partial charge >= 0.3 is 0 Å². The number of aromatic nitrogens is 2. The number of nitrogens with zero attached hydrogens (tertiary/aromatic N) is 2. The van der Waals surface area contributed by atoms with E-state index in [-0.39, 0.29) is 0 Å². The van der Waals surface area contributed by atoms with Gasteiger partial charge in [0.15, 0.2) is 0 Å². The molecule has 2 N–H and O–H groups in total. The number of fused-ring (bicyclic) bond motifs is 1. The fourth-order valence-electron chi connectivity index (χ4n) is 3.53. The van der Waals surface area contributed by atoms with Gasteiger partial charge in [-0.15, -0.1) is 0 Å². The fraction of sp³-hybridized carbons (Fsp3) is 0.562. The van der Waals surface area contributed by atoms with Gasteiger partial charge in [-0.25, -0.2) is 4.98 Å². The van der Waals surface area contributed by atoms with E-state index in [1.54, 1.807) is 0 Å². The van der Waals surface area contributed by atoms with Gasteiger partial charge in [0.1, 0.15) is 5.82 Å². The molecule has 0 amide bonds. The second-order valence-corrected chi connectivity index (χ2v) is 5.74. The highest BCUT2D eigenvalue weighted by Crippen LogP contribution is 2.39. The molecule has 19 heavy (non-hydrogen) atoms. The monoisotopic (exact) mass is 257 g/mol. The zero-order valence-electron chi connectivity index (χ0n) is 11.9. The van der Waals surface area contributed by atoms with Crippen molar-refractivity contribution in [1.82, 2.24) is 9.55 Å². The van der Waals surface area contributed by atoms with Crippen LogP contribution in [-0.4, -0.2) is 16.1 Å². The molecule has 0 aliphatic heterocycles. The largest absolute Gasteiger partial charge is 0.330 e. The van der Waals surface area contributed by atoms with Crippen molar-refractivity contribution in [3.8, 4) is 0 Å². The molecule has 102 valence electrons. The summed E-state index contributed by atoms with van der Waals surface area (Å²) in [7, 11) is 0. The molecule has 1 aromatic heterocycles. The van der Waals surface area contributed by atoms with Gasteiger partial charge in [0, 0.05) is 12.5 Å². The van der Waals surface area contributed by atoms with Gasteiger partial charge in [-0.2, -0.15) is 0 Å². The van der Waals surface area contributed by atoms with Crippen LogP contribution in [0.2, 0.25) is 0 Å². The molecule has 2 unspecified atom stereocenters. The van der Waals surface area contributed by atoms with E-state index in [1.807, 2.05) is 0 Å². The fourth-order valence-corrected chi connectivity index (χ4v) is 3.53. The molecule has 2 atom stereocenters. The Kier molecular flexibility index (Phi) is 3.31. The number of aryl methyl sites for hydroxylation is 2. The normalized spacial score (nSPS) is 23.3. The Morgan fingerprint density at radius 1 is 1.37 bits per heavy atom. The van der Waals surface area contributed by atoms with E-state index in [1.165, 1.54) is 36.2 Å². The smallest absolute Gasteiger partial charge is 0.113 e. The molecule has 3 rings (SSSR count). The van der Waals surface area contributed by atoms with Crippen LogP contribution in [-0.2, 0) is 6.54 Å². The third kappa shape index (κ3) is 2.06. The van der Waals surface area contributed by atoms with E-state index in [4.69, 9.17) is 10.7 Å². The molecule has 1 aromatic carbocycles. The summed E-state index contributed by atoms with van der Waals surface area (Å²) in [6.45, 7) is 6.11. The molecule has 3 nitrogen and oxygen atoms in total. The van der Waals surface area contributed by atoms with E-state index in [9.17, 15) is 0 Å². The lowest BCUT2D eigenvalue weighted by Crippen LogP contribution is -2.20. The van der Waals surface area contributed by atoms with Gasteiger partial charge in [-0.05, 0) is 56.8 Å². The van der Waals surface area contributed by atoms with Crippen molar-refractivity contribution in [2.24, 2.45) is 11.7 Å². The second kappa shape index (κ2) is 4.97. The maximum absolute atomic E-state index is 5.93. The predicted octanol–water partition coefficient (Wildman–Crippen LogP) is 3.21. The molecular formula is C16H23N3. The van der Waals surface area contributed by atoms with Crippen LogP contribution in [0.25, 0.3) is 11.0 Å². The molecule has 1 saturated carbocycles. The Morgan fingerprint density at radius 3 is 2.95 bits per heavy atom. The topological polar surface area (TPSA) is 43.8 Å². The van der Waals surface area contributed by atoms with E-state index in [0.29, 0.717) is 11.8 Å². The summed E-state index contributed by atoms with van der Waals surface area (Å²) in [5, 5.41) is 0. The highest BCUT2D eigenvalue weighted by molar-refractivity contribution is 5.77. The van der Waals surface area contributed by atoms with E-state index < -0.39 is 0 Å². The molecular weight excluding hydrogens is 234 g/mol. The van der Waals surface area contributed by atoms with Gasteiger partial charge in [0.2, 0.25) is 0 Å². The number of rotatable bonds is 3. The first-order chi connectivity index (χ1) is 9.24. The summed E-state index contributed by atoms with van der Waals surface area (Å²) < 4.78 is 2.38. The van der Waals surface area contributed by atoms with Crippen LogP contribution in [0.1, 0.15) is 43.5 Å². The first kappa shape index (κ1) is 12.7. The van der Waals surface area contributed by atoms with Crippen molar-refractivity contribution in [2.45, 2.75) is 45.6 Å². The van der Waals surface area contributed by atoms with Crippen molar-refractivity contribution >= 4 is 11.0 Å². The minimum Gasteiger partial charge on any atom is -0.330 e. The summed E-state index contributed by atoms with van der Waals surface area (Å²) in [6.07, 6.45) is 3.79. The Hall–Kier alpha value is -1.35. The van der Waals surface area contributed by atoms with Gasteiger partial charge in [-0.3, -0.25) is 0 Å².